The molecular formula is C17H24N4O3S2. The lowest BCUT2D eigenvalue weighted by molar-refractivity contribution is 0.222. The van der Waals surface area contributed by atoms with Crippen LogP contribution in [0.5, 0.6) is 0 Å². The van der Waals surface area contributed by atoms with Crippen molar-refractivity contribution >= 4 is 27.2 Å². The van der Waals surface area contributed by atoms with E-state index >= 15 is 0 Å². The normalized spacial score (nSPS) is 17.9. The first kappa shape index (κ1) is 19.2. The fourth-order valence-corrected chi connectivity index (χ4v) is 5.06. The van der Waals surface area contributed by atoms with Crippen LogP contribution in [0.3, 0.4) is 0 Å². The lowest BCUT2D eigenvalue weighted by Gasteiger charge is -2.31. The number of piperazine rings is 1. The number of aliphatic hydroxyl groups is 1. The van der Waals surface area contributed by atoms with E-state index in [1.54, 1.807) is 23.5 Å². The van der Waals surface area contributed by atoms with Gasteiger partial charge < -0.3 is 15.3 Å². The Balaban J connectivity index is 1.71. The van der Waals surface area contributed by atoms with Gasteiger partial charge in [0.15, 0.2) is 0 Å². The van der Waals surface area contributed by atoms with Crippen molar-refractivity contribution in [3.63, 3.8) is 0 Å². The Morgan fingerprint density at radius 1 is 1.27 bits per heavy atom. The monoisotopic (exact) mass is 396 g/mol. The number of rotatable bonds is 7. The highest BCUT2D eigenvalue weighted by Gasteiger charge is 2.27. The maximum atomic E-state index is 12.7. The second kappa shape index (κ2) is 8.45. The second-order valence-corrected chi connectivity index (χ2v) is 9.23. The lowest BCUT2D eigenvalue weighted by Crippen LogP contribution is -2.47. The molecule has 2 N–H and O–H groups in total. The third-order valence-corrected chi connectivity index (χ3v) is 7.33. The van der Waals surface area contributed by atoms with Crippen LogP contribution in [0.1, 0.15) is 17.3 Å². The van der Waals surface area contributed by atoms with Crippen molar-refractivity contribution in [3.05, 3.63) is 40.7 Å². The number of nitrogens with zero attached hydrogens (tertiary/aromatic N) is 3. The van der Waals surface area contributed by atoms with Gasteiger partial charge in [-0.2, -0.15) is 4.31 Å². The van der Waals surface area contributed by atoms with Crippen LogP contribution in [-0.2, 0) is 10.0 Å². The maximum absolute atomic E-state index is 12.7. The average molecular weight is 397 g/mol. The number of likely N-dealkylation sites (N-methyl/N-ethyl adjacent to an activating group) is 1. The molecule has 0 amide bonds. The van der Waals surface area contributed by atoms with E-state index < -0.39 is 10.0 Å². The third-order valence-electron chi connectivity index (χ3n) is 4.46. The van der Waals surface area contributed by atoms with Gasteiger partial charge in [-0.25, -0.2) is 13.4 Å². The minimum atomic E-state index is -3.51. The quantitative estimate of drug-likeness (QED) is 0.740. The zero-order valence-electron chi connectivity index (χ0n) is 14.7. The predicted octanol–water partition coefficient (Wildman–Crippen LogP) is 1.61. The van der Waals surface area contributed by atoms with Crippen LogP contribution >= 0.6 is 11.3 Å². The molecular weight excluding hydrogens is 372 g/mol. The molecule has 0 spiro atoms. The summed E-state index contributed by atoms with van der Waals surface area (Å²) in [7, 11) is -1.52. The Labute approximate surface area is 158 Å². The van der Waals surface area contributed by atoms with Crippen LogP contribution < -0.4 is 5.32 Å². The van der Waals surface area contributed by atoms with Gasteiger partial charge in [0.1, 0.15) is 10.7 Å². The highest BCUT2D eigenvalue weighted by atomic mass is 32.2. The fraction of sp³-hybridized carbons (Fsp3) is 0.471. The summed E-state index contributed by atoms with van der Waals surface area (Å²) in [5.74, 6) is 0.592. The van der Waals surface area contributed by atoms with Crippen molar-refractivity contribution < 1.29 is 13.5 Å². The van der Waals surface area contributed by atoms with E-state index in [1.165, 1.54) is 10.5 Å². The summed E-state index contributed by atoms with van der Waals surface area (Å²) in [5, 5.41) is 14.5. The Hall–Kier alpha value is -1.52. The molecule has 1 aliphatic rings. The molecule has 2 aromatic heterocycles. The first-order valence-electron chi connectivity index (χ1n) is 8.56. The van der Waals surface area contributed by atoms with Gasteiger partial charge in [-0.15, -0.1) is 11.3 Å². The molecule has 7 nitrogen and oxygen atoms in total. The van der Waals surface area contributed by atoms with Gasteiger partial charge in [-0.3, -0.25) is 0 Å². The van der Waals surface area contributed by atoms with Gasteiger partial charge in [-0.1, -0.05) is 6.07 Å². The predicted molar refractivity (Wildman–Crippen MR) is 103 cm³/mol. The van der Waals surface area contributed by atoms with E-state index in [9.17, 15) is 13.5 Å². The molecule has 0 aromatic carbocycles. The Morgan fingerprint density at radius 3 is 2.62 bits per heavy atom. The molecule has 1 saturated heterocycles. The number of nitrogens with one attached hydrogen (secondary N) is 1. The molecule has 1 atom stereocenters. The molecule has 3 rings (SSSR count). The van der Waals surface area contributed by atoms with E-state index in [2.05, 4.69) is 15.2 Å². The Bertz CT molecular complexity index is 786. The summed E-state index contributed by atoms with van der Waals surface area (Å²) in [6.45, 7) is 2.52. The molecule has 3 heterocycles. The third kappa shape index (κ3) is 4.41. The summed E-state index contributed by atoms with van der Waals surface area (Å²) < 4.78 is 27.0. The minimum absolute atomic E-state index is 0.0485. The number of thiophene rings is 1. The van der Waals surface area contributed by atoms with Crippen LogP contribution in [0, 0.1) is 0 Å². The van der Waals surface area contributed by atoms with E-state index in [0.29, 0.717) is 25.3 Å². The van der Waals surface area contributed by atoms with E-state index in [0.717, 1.165) is 18.0 Å². The lowest BCUT2D eigenvalue weighted by atomic mass is 10.2. The van der Waals surface area contributed by atoms with Crippen molar-refractivity contribution in [3.8, 4) is 0 Å². The van der Waals surface area contributed by atoms with Gasteiger partial charge in [-0.05, 0) is 37.0 Å². The van der Waals surface area contributed by atoms with E-state index in [1.807, 2.05) is 24.6 Å². The zero-order valence-corrected chi connectivity index (χ0v) is 16.3. The van der Waals surface area contributed by atoms with Gasteiger partial charge in [0, 0.05) is 43.9 Å². The number of aromatic nitrogens is 1. The van der Waals surface area contributed by atoms with E-state index in [-0.39, 0.29) is 17.5 Å². The van der Waals surface area contributed by atoms with Gasteiger partial charge in [0.05, 0.1) is 6.04 Å². The van der Waals surface area contributed by atoms with Crippen LogP contribution in [-0.4, -0.2) is 67.5 Å². The van der Waals surface area contributed by atoms with Crippen LogP contribution in [0.15, 0.2) is 40.7 Å². The minimum Gasteiger partial charge on any atom is -0.396 e. The molecule has 142 valence electrons. The largest absolute Gasteiger partial charge is 0.396 e. The summed E-state index contributed by atoms with van der Waals surface area (Å²) in [4.78, 5) is 7.71. The molecule has 9 heteroatoms. The van der Waals surface area contributed by atoms with Crippen molar-refractivity contribution in [1.29, 1.82) is 0 Å². The average Bonchev–Trinajstić information content (AvgIpc) is 3.17. The van der Waals surface area contributed by atoms with Crippen molar-refractivity contribution in [2.75, 3.05) is 45.2 Å². The Kier molecular flexibility index (Phi) is 6.25. The molecule has 0 radical (unpaired) electrons. The van der Waals surface area contributed by atoms with Crippen molar-refractivity contribution in [2.24, 2.45) is 0 Å². The highest BCUT2D eigenvalue weighted by molar-refractivity contribution is 7.89. The highest BCUT2D eigenvalue weighted by Crippen LogP contribution is 2.26. The smallest absolute Gasteiger partial charge is 0.244 e. The molecule has 1 aliphatic heterocycles. The number of anilines is 1. The number of aliphatic hydroxyl groups excluding tert-OH is 1. The zero-order chi connectivity index (χ0) is 18.6. The number of hydrogen-bond acceptors (Lipinski definition) is 7. The fourth-order valence-electron chi connectivity index (χ4n) is 2.88. The molecule has 26 heavy (non-hydrogen) atoms. The summed E-state index contributed by atoms with van der Waals surface area (Å²) in [6, 6.07) is 7.19. The van der Waals surface area contributed by atoms with Crippen LogP contribution in [0.2, 0.25) is 0 Å². The SMILES string of the molecule is CN1CCN(S(=O)(=O)c2ccc(NC(CCO)c3cccs3)nc2)CC1. The molecule has 0 saturated carbocycles. The number of sulfonamides is 1. The standard InChI is InChI=1S/C17H24N4O3S2/c1-20-7-9-21(10-8-20)26(23,24)14-4-5-17(18-13-14)19-15(6-11-22)16-3-2-12-25-16/h2-5,12-13,15,22H,6-11H2,1H3,(H,18,19). The molecule has 1 unspecified atom stereocenters. The van der Waals surface area contributed by atoms with Gasteiger partial charge >= 0.3 is 0 Å². The van der Waals surface area contributed by atoms with E-state index in [4.69, 9.17) is 0 Å². The molecule has 0 aliphatic carbocycles. The van der Waals surface area contributed by atoms with Crippen LogP contribution in [0.4, 0.5) is 5.82 Å². The van der Waals surface area contributed by atoms with Gasteiger partial charge in [0.25, 0.3) is 0 Å². The second-order valence-electron chi connectivity index (χ2n) is 6.31. The van der Waals surface area contributed by atoms with Crippen molar-refractivity contribution in [1.82, 2.24) is 14.2 Å². The number of pyridine rings is 1. The summed E-state index contributed by atoms with van der Waals surface area (Å²) in [5.41, 5.74) is 0. The topological polar surface area (TPSA) is 85.8 Å². The molecule has 2 aromatic rings. The first-order valence-corrected chi connectivity index (χ1v) is 10.9. The maximum Gasteiger partial charge on any atom is 0.244 e. The number of hydrogen-bond donors (Lipinski definition) is 2. The van der Waals surface area contributed by atoms with Gasteiger partial charge in [0.2, 0.25) is 10.0 Å². The Morgan fingerprint density at radius 2 is 2.04 bits per heavy atom. The van der Waals surface area contributed by atoms with Crippen LogP contribution in [0.25, 0.3) is 0 Å². The molecule has 0 bridgehead atoms. The van der Waals surface area contributed by atoms with Crippen molar-refractivity contribution in [2.45, 2.75) is 17.4 Å². The summed E-state index contributed by atoms with van der Waals surface area (Å²) >= 11 is 1.61. The summed E-state index contributed by atoms with van der Waals surface area (Å²) in [6.07, 6.45) is 1.96. The molecule has 1 fully saturated rings. The first-order chi connectivity index (χ1) is 12.5.